The van der Waals surface area contributed by atoms with Gasteiger partial charge in [0.1, 0.15) is 11.6 Å². The van der Waals surface area contributed by atoms with Crippen LogP contribution in [0.4, 0.5) is 8.78 Å². The highest BCUT2D eigenvalue weighted by atomic mass is 79.9. The van der Waals surface area contributed by atoms with Gasteiger partial charge in [-0.3, -0.25) is 4.90 Å². The topological polar surface area (TPSA) is 3.24 Å². The van der Waals surface area contributed by atoms with E-state index in [-0.39, 0.29) is 5.56 Å². The number of rotatable bonds is 6. The second-order valence-corrected chi connectivity index (χ2v) is 4.46. The molecule has 4 heteroatoms. The molecule has 0 radical (unpaired) electrons. The third kappa shape index (κ3) is 3.83. The minimum Gasteiger partial charge on any atom is -0.298 e. The molecule has 0 spiro atoms. The molecule has 0 aliphatic carbocycles. The summed E-state index contributed by atoms with van der Waals surface area (Å²) in [5.41, 5.74) is 0.164. The Kier molecular flexibility index (Phi) is 5.91. The smallest absolute Gasteiger partial charge is 0.130 e. The van der Waals surface area contributed by atoms with Crippen LogP contribution < -0.4 is 0 Å². The molecular formula is C12H16BrF2N. The quantitative estimate of drug-likeness (QED) is 0.724. The van der Waals surface area contributed by atoms with Crippen LogP contribution in [0.5, 0.6) is 0 Å². The molecule has 1 aromatic rings. The second-order valence-electron chi connectivity index (χ2n) is 3.67. The van der Waals surface area contributed by atoms with Crippen molar-refractivity contribution in [3.05, 3.63) is 35.4 Å². The van der Waals surface area contributed by atoms with Gasteiger partial charge in [0.2, 0.25) is 0 Å². The highest BCUT2D eigenvalue weighted by Gasteiger charge is 2.12. The van der Waals surface area contributed by atoms with Gasteiger partial charge in [-0.05, 0) is 25.1 Å². The SMILES string of the molecule is CCCN(CCBr)Cc1c(F)cccc1F. The van der Waals surface area contributed by atoms with Crippen LogP contribution in [-0.4, -0.2) is 23.3 Å². The number of hydrogen-bond donors (Lipinski definition) is 0. The van der Waals surface area contributed by atoms with Crippen molar-refractivity contribution in [2.75, 3.05) is 18.4 Å². The average molecular weight is 292 g/mol. The van der Waals surface area contributed by atoms with Gasteiger partial charge in [-0.2, -0.15) is 0 Å². The third-order valence-electron chi connectivity index (χ3n) is 2.38. The molecule has 1 nitrogen and oxygen atoms in total. The molecular weight excluding hydrogens is 276 g/mol. The van der Waals surface area contributed by atoms with E-state index in [1.165, 1.54) is 18.2 Å². The normalized spacial score (nSPS) is 11.1. The van der Waals surface area contributed by atoms with E-state index >= 15 is 0 Å². The van der Waals surface area contributed by atoms with Crippen molar-refractivity contribution in [1.82, 2.24) is 4.90 Å². The third-order valence-corrected chi connectivity index (χ3v) is 2.74. The van der Waals surface area contributed by atoms with E-state index in [1.54, 1.807) is 0 Å². The van der Waals surface area contributed by atoms with Crippen molar-refractivity contribution in [2.45, 2.75) is 19.9 Å². The van der Waals surface area contributed by atoms with Crippen LogP contribution in [0, 0.1) is 11.6 Å². The summed E-state index contributed by atoms with van der Waals surface area (Å²) in [6.45, 7) is 4.03. The van der Waals surface area contributed by atoms with Crippen molar-refractivity contribution in [2.24, 2.45) is 0 Å². The van der Waals surface area contributed by atoms with Gasteiger partial charge in [0.25, 0.3) is 0 Å². The van der Waals surface area contributed by atoms with E-state index in [9.17, 15) is 8.78 Å². The Morgan fingerprint density at radius 3 is 2.31 bits per heavy atom. The van der Waals surface area contributed by atoms with Crippen molar-refractivity contribution in [3.63, 3.8) is 0 Å². The fourth-order valence-electron chi connectivity index (χ4n) is 1.61. The average Bonchev–Trinajstić information content (AvgIpc) is 2.24. The monoisotopic (exact) mass is 291 g/mol. The molecule has 1 aromatic carbocycles. The first-order chi connectivity index (χ1) is 7.69. The predicted molar refractivity (Wildman–Crippen MR) is 65.7 cm³/mol. The molecule has 0 saturated carbocycles. The molecule has 0 atom stereocenters. The maximum atomic E-state index is 13.4. The molecule has 0 bridgehead atoms. The molecule has 0 aromatic heterocycles. The van der Waals surface area contributed by atoms with Gasteiger partial charge in [0.05, 0.1) is 0 Å². The summed E-state index contributed by atoms with van der Waals surface area (Å²) in [6, 6.07) is 4.00. The van der Waals surface area contributed by atoms with E-state index in [2.05, 4.69) is 22.9 Å². The lowest BCUT2D eigenvalue weighted by molar-refractivity contribution is 0.274. The largest absolute Gasteiger partial charge is 0.298 e. The first-order valence-electron chi connectivity index (χ1n) is 5.40. The molecule has 0 unspecified atom stereocenters. The van der Waals surface area contributed by atoms with Crippen LogP contribution in [0.25, 0.3) is 0 Å². The standard InChI is InChI=1S/C12H16BrF2N/c1-2-7-16(8-6-13)9-10-11(14)4-3-5-12(10)15/h3-5H,2,6-9H2,1H3. The highest BCUT2D eigenvalue weighted by Crippen LogP contribution is 2.14. The number of nitrogens with zero attached hydrogens (tertiary/aromatic N) is 1. The van der Waals surface area contributed by atoms with Crippen LogP contribution in [0.3, 0.4) is 0 Å². The maximum Gasteiger partial charge on any atom is 0.130 e. The Labute approximate surface area is 104 Å². The maximum absolute atomic E-state index is 13.4. The molecule has 1 rings (SSSR count). The lowest BCUT2D eigenvalue weighted by Gasteiger charge is -2.21. The van der Waals surface area contributed by atoms with Crippen molar-refractivity contribution >= 4 is 15.9 Å². The van der Waals surface area contributed by atoms with Crippen molar-refractivity contribution in [3.8, 4) is 0 Å². The van der Waals surface area contributed by atoms with E-state index in [0.717, 1.165) is 24.8 Å². The minimum atomic E-state index is -0.462. The number of alkyl halides is 1. The predicted octanol–water partition coefficient (Wildman–Crippen LogP) is 3.57. The summed E-state index contributed by atoms with van der Waals surface area (Å²) in [7, 11) is 0. The van der Waals surface area contributed by atoms with Crippen LogP contribution in [-0.2, 0) is 6.54 Å². The summed E-state index contributed by atoms with van der Waals surface area (Å²) in [6.07, 6.45) is 0.975. The Morgan fingerprint density at radius 1 is 1.19 bits per heavy atom. The van der Waals surface area contributed by atoms with Crippen LogP contribution in [0.2, 0.25) is 0 Å². The summed E-state index contributed by atoms with van der Waals surface area (Å²) in [5.74, 6) is -0.925. The Hall–Kier alpha value is -0.480. The van der Waals surface area contributed by atoms with E-state index in [0.29, 0.717) is 6.54 Å². The zero-order valence-corrected chi connectivity index (χ0v) is 10.9. The highest BCUT2D eigenvalue weighted by molar-refractivity contribution is 9.09. The Morgan fingerprint density at radius 2 is 1.81 bits per heavy atom. The molecule has 90 valence electrons. The zero-order valence-electron chi connectivity index (χ0n) is 9.35. The Balaban J connectivity index is 2.76. The van der Waals surface area contributed by atoms with Gasteiger partial charge >= 0.3 is 0 Å². The van der Waals surface area contributed by atoms with Gasteiger partial charge < -0.3 is 0 Å². The van der Waals surface area contributed by atoms with E-state index in [4.69, 9.17) is 0 Å². The van der Waals surface area contributed by atoms with Gasteiger partial charge in [0, 0.05) is 24.0 Å². The van der Waals surface area contributed by atoms with Gasteiger partial charge in [-0.25, -0.2) is 8.78 Å². The molecule has 0 aliphatic rings. The summed E-state index contributed by atoms with van der Waals surface area (Å²) >= 11 is 3.34. The fourth-order valence-corrected chi connectivity index (χ4v) is 2.11. The summed E-state index contributed by atoms with van der Waals surface area (Å²) < 4.78 is 26.8. The Bertz CT molecular complexity index is 305. The summed E-state index contributed by atoms with van der Waals surface area (Å²) in [5, 5.41) is 0.809. The molecule has 0 fully saturated rings. The van der Waals surface area contributed by atoms with Crippen LogP contribution in [0.1, 0.15) is 18.9 Å². The minimum absolute atomic E-state index is 0.164. The van der Waals surface area contributed by atoms with E-state index < -0.39 is 11.6 Å². The molecule has 0 amide bonds. The molecule has 0 heterocycles. The first kappa shape index (κ1) is 13.6. The van der Waals surface area contributed by atoms with Crippen molar-refractivity contribution < 1.29 is 8.78 Å². The fraction of sp³-hybridized carbons (Fsp3) is 0.500. The molecule has 16 heavy (non-hydrogen) atoms. The summed E-state index contributed by atoms with van der Waals surface area (Å²) in [4.78, 5) is 2.04. The van der Waals surface area contributed by atoms with Crippen molar-refractivity contribution in [1.29, 1.82) is 0 Å². The van der Waals surface area contributed by atoms with Gasteiger partial charge in [-0.1, -0.05) is 28.9 Å². The number of benzene rings is 1. The van der Waals surface area contributed by atoms with Crippen LogP contribution in [0.15, 0.2) is 18.2 Å². The lowest BCUT2D eigenvalue weighted by atomic mass is 10.2. The number of hydrogen-bond acceptors (Lipinski definition) is 1. The molecule has 0 saturated heterocycles. The van der Waals surface area contributed by atoms with Gasteiger partial charge in [0.15, 0.2) is 0 Å². The van der Waals surface area contributed by atoms with E-state index in [1.807, 2.05) is 4.90 Å². The first-order valence-corrected chi connectivity index (χ1v) is 6.52. The van der Waals surface area contributed by atoms with Crippen LogP contribution >= 0.6 is 15.9 Å². The number of halogens is 3. The lowest BCUT2D eigenvalue weighted by Crippen LogP contribution is -2.27. The molecule has 0 aliphatic heterocycles. The van der Waals surface area contributed by atoms with Gasteiger partial charge in [-0.15, -0.1) is 0 Å². The zero-order chi connectivity index (χ0) is 12.0. The second kappa shape index (κ2) is 6.97. The molecule has 0 N–H and O–H groups in total.